The number of hydrogen-bond acceptors (Lipinski definition) is 5. The number of amides is 1. The Morgan fingerprint density at radius 3 is 2.74 bits per heavy atom. The van der Waals surface area contributed by atoms with Crippen LogP contribution in [0.15, 0.2) is 18.3 Å². The third-order valence-corrected chi connectivity index (χ3v) is 4.19. The Balaban J connectivity index is 2.09. The summed E-state index contributed by atoms with van der Waals surface area (Å²) < 4.78 is 28.0. The molecule has 8 nitrogen and oxygen atoms in total. The first kappa shape index (κ1) is 17.5. The molecule has 1 fully saturated rings. The number of likely N-dealkylation sites (tertiary alicyclic amines) is 1. The van der Waals surface area contributed by atoms with Crippen molar-refractivity contribution in [3.63, 3.8) is 0 Å². The number of pyridine rings is 1. The van der Waals surface area contributed by atoms with E-state index >= 15 is 0 Å². The van der Waals surface area contributed by atoms with E-state index in [1.54, 1.807) is 37.8 Å². The monoisotopic (exact) mass is 342 g/mol. The van der Waals surface area contributed by atoms with Crippen molar-refractivity contribution in [2.45, 2.75) is 38.8 Å². The molecule has 23 heavy (non-hydrogen) atoms. The van der Waals surface area contributed by atoms with Crippen LogP contribution < -0.4 is 10.0 Å². The number of carbonyl (C=O) groups is 1. The third-order valence-electron chi connectivity index (χ3n) is 3.34. The highest BCUT2D eigenvalue weighted by Gasteiger charge is 2.35. The molecule has 1 amide bonds. The summed E-state index contributed by atoms with van der Waals surface area (Å²) in [7, 11) is 0. The van der Waals surface area contributed by atoms with Gasteiger partial charge in [0.2, 0.25) is 0 Å². The quantitative estimate of drug-likeness (QED) is 0.808. The topological polar surface area (TPSA) is 109 Å². The highest BCUT2D eigenvalue weighted by Crippen LogP contribution is 2.25. The fourth-order valence-corrected chi connectivity index (χ4v) is 3.10. The van der Waals surface area contributed by atoms with Crippen LogP contribution in [0.3, 0.4) is 0 Å². The zero-order chi connectivity index (χ0) is 17.2. The van der Waals surface area contributed by atoms with Gasteiger partial charge >= 0.3 is 6.09 Å². The number of anilines is 2. The Kier molecular flexibility index (Phi) is 5.10. The van der Waals surface area contributed by atoms with E-state index in [2.05, 4.69) is 4.98 Å². The number of nitrogens with zero attached hydrogens (tertiary/aromatic N) is 3. The van der Waals surface area contributed by atoms with Gasteiger partial charge in [0.25, 0.3) is 11.3 Å². The van der Waals surface area contributed by atoms with Crippen molar-refractivity contribution < 1.29 is 18.3 Å². The fourth-order valence-electron chi connectivity index (χ4n) is 2.38. The molecule has 2 unspecified atom stereocenters. The normalized spacial score (nSPS) is 19.5. The number of carbonyl (C=O) groups excluding carboxylic acids is 1. The fraction of sp³-hybridized carbons (Fsp3) is 0.571. The molecule has 2 heterocycles. The Hall–Kier alpha value is -1.87. The molecular weight excluding hydrogens is 320 g/mol. The lowest BCUT2D eigenvalue weighted by Crippen LogP contribution is -2.41. The summed E-state index contributed by atoms with van der Waals surface area (Å²) >= 11 is -2.22. The average molecular weight is 342 g/mol. The van der Waals surface area contributed by atoms with Gasteiger partial charge in [-0.05, 0) is 39.3 Å². The summed E-state index contributed by atoms with van der Waals surface area (Å²) in [5.41, 5.74) is 5.45. The van der Waals surface area contributed by atoms with Crippen molar-refractivity contribution in [1.82, 2.24) is 9.88 Å². The van der Waals surface area contributed by atoms with Crippen LogP contribution in [0, 0.1) is 0 Å². The van der Waals surface area contributed by atoms with Crippen molar-refractivity contribution in [3.8, 4) is 0 Å². The number of nitrogen functional groups attached to an aromatic ring is 1. The maximum Gasteiger partial charge on any atom is 0.410 e. The molecule has 1 aromatic rings. The van der Waals surface area contributed by atoms with Gasteiger partial charge in [0.15, 0.2) is 0 Å². The van der Waals surface area contributed by atoms with Crippen LogP contribution >= 0.6 is 0 Å². The second-order valence-corrected chi connectivity index (χ2v) is 7.22. The highest BCUT2D eigenvalue weighted by molar-refractivity contribution is 7.80. The third kappa shape index (κ3) is 4.55. The molecule has 0 aromatic carbocycles. The van der Waals surface area contributed by atoms with Crippen LogP contribution in [-0.4, -0.2) is 49.5 Å². The average Bonchev–Trinajstić information content (AvgIpc) is 2.88. The van der Waals surface area contributed by atoms with Gasteiger partial charge in [-0.3, -0.25) is 8.86 Å². The van der Waals surface area contributed by atoms with E-state index in [4.69, 9.17) is 10.5 Å². The van der Waals surface area contributed by atoms with Gasteiger partial charge in [-0.2, -0.15) is 0 Å². The van der Waals surface area contributed by atoms with Crippen molar-refractivity contribution in [3.05, 3.63) is 18.3 Å². The van der Waals surface area contributed by atoms with E-state index in [9.17, 15) is 13.6 Å². The first-order valence-electron chi connectivity index (χ1n) is 7.27. The van der Waals surface area contributed by atoms with E-state index in [0.717, 1.165) is 0 Å². The molecule has 1 aromatic heterocycles. The molecule has 2 atom stereocenters. The molecule has 128 valence electrons. The van der Waals surface area contributed by atoms with Gasteiger partial charge in [0.1, 0.15) is 11.4 Å². The van der Waals surface area contributed by atoms with E-state index in [-0.39, 0.29) is 6.04 Å². The van der Waals surface area contributed by atoms with Gasteiger partial charge in [-0.25, -0.2) is 14.0 Å². The summed E-state index contributed by atoms with van der Waals surface area (Å²) in [5, 5.41) is 0. The van der Waals surface area contributed by atoms with Crippen LogP contribution in [0.25, 0.3) is 0 Å². The molecule has 0 saturated carbocycles. The van der Waals surface area contributed by atoms with Gasteiger partial charge in [-0.15, -0.1) is 0 Å². The highest BCUT2D eigenvalue weighted by atomic mass is 32.2. The lowest BCUT2D eigenvalue weighted by molar-refractivity contribution is 0.0293. The SMILES string of the molecule is CC(C)(C)OC(=O)N1CCC(N(c2ccc(N)nc2)S(=O)O)C1. The summed E-state index contributed by atoms with van der Waals surface area (Å²) in [4.78, 5) is 17.6. The molecule has 2 rings (SSSR count). The number of aromatic nitrogens is 1. The van der Waals surface area contributed by atoms with E-state index < -0.39 is 23.0 Å². The molecule has 1 aliphatic heterocycles. The summed E-state index contributed by atoms with van der Waals surface area (Å²) in [6.07, 6.45) is 1.59. The molecular formula is C14H22N4O4S. The van der Waals surface area contributed by atoms with Crippen LogP contribution in [0.2, 0.25) is 0 Å². The van der Waals surface area contributed by atoms with E-state index in [1.807, 2.05) is 0 Å². The molecule has 9 heteroatoms. The summed E-state index contributed by atoms with van der Waals surface area (Å²) in [6.45, 7) is 6.18. The minimum atomic E-state index is -2.22. The van der Waals surface area contributed by atoms with Crippen LogP contribution in [0.4, 0.5) is 16.3 Å². The molecule has 0 spiro atoms. The van der Waals surface area contributed by atoms with E-state index in [0.29, 0.717) is 31.0 Å². The van der Waals surface area contributed by atoms with Gasteiger partial charge in [0, 0.05) is 13.1 Å². The van der Waals surface area contributed by atoms with Gasteiger partial charge in [-0.1, -0.05) is 0 Å². The maximum absolute atomic E-state index is 12.1. The van der Waals surface area contributed by atoms with Crippen molar-refractivity contribution in [2.75, 3.05) is 23.1 Å². The molecule has 1 aliphatic rings. The maximum atomic E-state index is 12.1. The molecule has 3 N–H and O–H groups in total. The zero-order valence-corrected chi connectivity index (χ0v) is 14.2. The van der Waals surface area contributed by atoms with Crippen LogP contribution in [0.5, 0.6) is 0 Å². The lowest BCUT2D eigenvalue weighted by Gasteiger charge is -2.27. The second-order valence-electron chi connectivity index (χ2n) is 6.37. The number of nitrogens with two attached hydrogens (primary N) is 1. The van der Waals surface area contributed by atoms with Crippen molar-refractivity contribution >= 4 is 28.9 Å². The summed E-state index contributed by atoms with van der Waals surface area (Å²) in [6, 6.07) is 2.90. The number of rotatable bonds is 3. The molecule has 0 radical (unpaired) electrons. The second kappa shape index (κ2) is 6.71. The first-order chi connectivity index (χ1) is 10.7. The Morgan fingerprint density at radius 2 is 2.22 bits per heavy atom. The minimum absolute atomic E-state index is 0.293. The predicted octanol–water partition coefficient (Wildman–Crippen LogP) is 1.62. The van der Waals surface area contributed by atoms with E-state index in [1.165, 1.54) is 10.5 Å². The van der Waals surface area contributed by atoms with Crippen LogP contribution in [0.1, 0.15) is 27.2 Å². The first-order valence-corrected chi connectivity index (χ1v) is 8.33. The van der Waals surface area contributed by atoms with Gasteiger partial charge in [0.05, 0.1) is 17.9 Å². The van der Waals surface area contributed by atoms with Crippen LogP contribution in [-0.2, 0) is 16.0 Å². The van der Waals surface area contributed by atoms with Crippen molar-refractivity contribution in [2.24, 2.45) is 0 Å². The Morgan fingerprint density at radius 1 is 1.52 bits per heavy atom. The minimum Gasteiger partial charge on any atom is -0.444 e. The molecule has 0 aliphatic carbocycles. The lowest BCUT2D eigenvalue weighted by atomic mass is 10.2. The largest absolute Gasteiger partial charge is 0.444 e. The molecule has 1 saturated heterocycles. The Bertz CT molecular complexity index is 587. The zero-order valence-electron chi connectivity index (χ0n) is 13.4. The van der Waals surface area contributed by atoms with Crippen molar-refractivity contribution in [1.29, 1.82) is 0 Å². The standard InChI is InChI=1S/C14H22N4O4S/c1-14(2,3)22-13(19)17-7-6-11(9-17)18(23(20)21)10-4-5-12(15)16-8-10/h4-5,8,11H,6-7,9H2,1-3H3,(H2,15,16)(H,20,21). The van der Waals surface area contributed by atoms with Gasteiger partial charge < -0.3 is 15.4 Å². The number of hydrogen-bond donors (Lipinski definition) is 2. The smallest absolute Gasteiger partial charge is 0.410 e. The molecule has 0 bridgehead atoms. The number of ether oxygens (including phenoxy) is 1. The summed E-state index contributed by atoms with van der Waals surface area (Å²) in [5.74, 6) is 0.333. The Labute approximate surface area is 138 Å². The predicted molar refractivity (Wildman–Crippen MR) is 88.1 cm³/mol.